The Morgan fingerprint density at radius 2 is 2.00 bits per heavy atom. The third-order valence-electron chi connectivity index (χ3n) is 4.35. The standard InChI is InChI=1S/C19H16FN3O/c1-12-5-7-15(8-6-12)23-19-17(11-21-23)16(10-18(24)22-19)13-3-2-4-14(20)9-13/h2-9,11,16H,10H2,1H3,(H,22,24)/t16-/m0/s1. The van der Waals surface area contributed by atoms with Gasteiger partial charge < -0.3 is 5.32 Å². The first kappa shape index (κ1) is 14.6. The van der Waals surface area contributed by atoms with Crippen molar-refractivity contribution >= 4 is 11.7 Å². The summed E-state index contributed by atoms with van der Waals surface area (Å²) in [6.07, 6.45) is 2.04. The number of rotatable bonds is 2. The summed E-state index contributed by atoms with van der Waals surface area (Å²) in [4.78, 5) is 12.2. The second-order valence-corrected chi connectivity index (χ2v) is 6.06. The summed E-state index contributed by atoms with van der Waals surface area (Å²) >= 11 is 0. The van der Waals surface area contributed by atoms with Crippen LogP contribution in [0.1, 0.15) is 29.0 Å². The van der Waals surface area contributed by atoms with E-state index in [1.807, 2.05) is 37.3 Å². The van der Waals surface area contributed by atoms with Gasteiger partial charge in [-0.05, 0) is 36.8 Å². The third-order valence-corrected chi connectivity index (χ3v) is 4.35. The zero-order valence-corrected chi connectivity index (χ0v) is 13.2. The zero-order valence-electron chi connectivity index (χ0n) is 13.2. The van der Waals surface area contributed by atoms with Gasteiger partial charge in [0.2, 0.25) is 5.91 Å². The van der Waals surface area contributed by atoms with Crippen LogP contribution in [0.2, 0.25) is 0 Å². The molecule has 3 aromatic rings. The van der Waals surface area contributed by atoms with E-state index >= 15 is 0 Å². The van der Waals surface area contributed by atoms with Crippen molar-refractivity contribution in [3.8, 4) is 5.69 Å². The number of aryl methyl sites for hydroxylation is 1. The van der Waals surface area contributed by atoms with Crippen LogP contribution in [0.25, 0.3) is 5.69 Å². The molecule has 0 spiro atoms. The summed E-state index contributed by atoms with van der Waals surface area (Å²) in [5, 5.41) is 7.34. The van der Waals surface area contributed by atoms with E-state index in [9.17, 15) is 9.18 Å². The van der Waals surface area contributed by atoms with Gasteiger partial charge in [-0.1, -0.05) is 29.8 Å². The lowest BCUT2D eigenvalue weighted by Crippen LogP contribution is -2.24. The van der Waals surface area contributed by atoms with Crippen molar-refractivity contribution in [1.82, 2.24) is 9.78 Å². The fourth-order valence-corrected chi connectivity index (χ4v) is 3.12. The van der Waals surface area contributed by atoms with E-state index in [2.05, 4.69) is 10.4 Å². The van der Waals surface area contributed by atoms with Crippen molar-refractivity contribution in [3.05, 3.63) is 77.2 Å². The molecule has 2 aromatic carbocycles. The lowest BCUT2D eigenvalue weighted by molar-refractivity contribution is -0.116. The Labute approximate surface area is 138 Å². The van der Waals surface area contributed by atoms with Crippen LogP contribution >= 0.6 is 0 Å². The molecule has 4 nitrogen and oxygen atoms in total. The van der Waals surface area contributed by atoms with Gasteiger partial charge in [-0.15, -0.1) is 0 Å². The molecule has 0 fully saturated rings. The normalized spacial score (nSPS) is 16.6. The van der Waals surface area contributed by atoms with Crippen LogP contribution in [-0.2, 0) is 4.79 Å². The van der Waals surface area contributed by atoms with E-state index in [0.717, 1.165) is 22.4 Å². The molecule has 0 saturated carbocycles. The number of anilines is 1. The minimum Gasteiger partial charge on any atom is -0.310 e. The molecule has 1 aliphatic heterocycles. The molecule has 1 aromatic heterocycles. The molecule has 0 radical (unpaired) electrons. The first-order valence-electron chi connectivity index (χ1n) is 7.82. The lowest BCUT2D eigenvalue weighted by Gasteiger charge is -2.23. The summed E-state index contributed by atoms with van der Waals surface area (Å²) in [6.45, 7) is 2.02. The highest BCUT2D eigenvalue weighted by molar-refractivity contribution is 5.94. The molecule has 1 aliphatic rings. The average Bonchev–Trinajstić information content (AvgIpc) is 2.98. The van der Waals surface area contributed by atoms with E-state index in [1.165, 1.54) is 12.1 Å². The van der Waals surface area contributed by atoms with Gasteiger partial charge in [0, 0.05) is 17.9 Å². The highest BCUT2D eigenvalue weighted by Crippen LogP contribution is 2.38. The highest BCUT2D eigenvalue weighted by Gasteiger charge is 2.30. The minimum atomic E-state index is -0.300. The first-order valence-corrected chi connectivity index (χ1v) is 7.82. The molecule has 1 amide bonds. The summed E-state index contributed by atoms with van der Waals surface area (Å²) < 4.78 is 15.3. The van der Waals surface area contributed by atoms with Crippen molar-refractivity contribution in [3.63, 3.8) is 0 Å². The number of nitrogens with zero attached hydrogens (tertiary/aromatic N) is 2. The molecule has 0 saturated heterocycles. The van der Waals surface area contributed by atoms with Crippen molar-refractivity contribution < 1.29 is 9.18 Å². The van der Waals surface area contributed by atoms with E-state index < -0.39 is 0 Å². The molecule has 0 unspecified atom stereocenters. The Bertz CT molecular complexity index is 915. The maximum absolute atomic E-state index is 13.6. The molecule has 120 valence electrons. The van der Waals surface area contributed by atoms with E-state index in [1.54, 1.807) is 16.9 Å². The van der Waals surface area contributed by atoms with Crippen molar-refractivity contribution in [2.45, 2.75) is 19.3 Å². The maximum Gasteiger partial charge on any atom is 0.226 e. The summed E-state index contributed by atoms with van der Waals surface area (Å²) in [7, 11) is 0. The number of hydrogen-bond acceptors (Lipinski definition) is 2. The van der Waals surface area contributed by atoms with Crippen molar-refractivity contribution in [1.29, 1.82) is 0 Å². The van der Waals surface area contributed by atoms with Crippen LogP contribution in [0.15, 0.2) is 54.7 Å². The predicted molar refractivity (Wildman–Crippen MR) is 89.8 cm³/mol. The Morgan fingerprint density at radius 1 is 1.21 bits per heavy atom. The topological polar surface area (TPSA) is 46.9 Å². The Balaban J connectivity index is 1.81. The van der Waals surface area contributed by atoms with Gasteiger partial charge in [-0.3, -0.25) is 4.79 Å². The van der Waals surface area contributed by atoms with Gasteiger partial charge in [0.25, 0.3) is 0 Å². The molecule has 0 bridgehead atoms. The largest absolute Gasteiger partial charge is 0.310 e. The molecule has 0 aliphatic carbocycles. The molecule has 2 heterocycles. The SMILES string of the molecule is Cc1ccc(-n2ncc3c2NC(=O)C[C@H]3c2cccc(F)c2)cc1. The van der Waals surface area contributed by atoms with Gasteiger partial charge in [-0.25, -0.2) is 9.07 Å². The highest BCUT2D eigenvalue weighted by atomic mass is 19.1. The third kappa shape index (κ3) is 2.48. The molecule has 4 rings (SSSR count). The second kappa shape index (κ2) is 5.60. The van der Waals surface area contributed by atoms with Gasteiger partial charge in [0.15, 0.2) is 0 Å². The van der Waals surface area contributed by atoms with E-state index in [-0.39, 0.29) is 24.1 Å². The molecular formula is C19H16FN3O. The van der Waals surface area contributed by atoms with Crippen LogP contribution < -0.4 is 5.32 Å². The van der Waals surface area contributed by atoms with Crippen molar-refractivity contribution in [2.75, 3.05) is 5.32 Å². The molecule has 1 atom stereocenters. The number of fused-ring (bicyclic) bond motifs is 1. The number of carbonyl (C=O) groups is 1. The summed E-state index contributed by atoms with van der Waals surface area (Å²) in [6, 6.07) is 14.3. The van der Waals surface area contributed by atoms with Crippen LogP contribution in [0.5, 0.6) is 0 Å². The van der Waals surface area contributed by atoms with Crippen LogP contribution in [0.3, 0.4) is 0 Å². The Kier molecular flexibility index (Phi) is 3.41. The van der Waals surface area contributed by atoms with Gasteiger partial charge in [0.1, 0.15) is 11.6 Å². The van der Waals surface area contributed by atoms with Crippen LogP contribution in [0.4, 0.5) is 10.2 Å². The van der Waals surface area contributed by atoms with Crippen molar-refractivity contribution in [2.24, 2.45) is 0 Å². The number of halogens is 1. The smallest absolute Gasteiger partial charge is 0.226 e. The number of carbonyl (C=O) groups excluding carboxylic acids is 1. The predicted octanol–water partition coefficient (Wildman–Crippen LogP) is 3.79. The lowest BCUT2D eigenvalue weighted by atomic mass is 9.87. The fraction of sp³-hybridized carbons (Fsp3) is 0.158. The van der Waals surface area contributed by atoms with E-state index in [4.69, 9.17) is 0 Å². The van der Waals surface area contributed by atoms with E-state index in [0.29, 0.717) is 5.82 Å². The van der Waals surface area contributed by atoms with Crippen LogP contribution in [-0.4, -0.2) is 15.7 Å². The number of hydrogen-bond donors (Lipinski definition) is 1. The summed E-state index contributed by atoms with van der Waals surface area (Å²) in [5.41, 5.74) is 3.72. The fourth-order valence-electron chi connectivity index (χ4n) is 3.12. The van der Waals surface area contributed by atoms with Crippen LogP contribution in [0, 0.1) is 12.7 Å². The number of aromatic nitrogens is 2. The first-order chi connectivity index (χ1) is 11.6. The monoisotopic (exact) mass is 321 g/mol. The Morgan fingerprint density at radius 3 is 2.75 bits per heavy atom. The second-order valence-electron chi connectivity index (χ2n) is 6.06. The number of nitrogens with one attached hydrogen (secondary N) is 1. The number of amides is 1. The number of benzene rings is 2. The average molecular weight is 321 g/mol. The minimum absolute atomic E-state index is 0.0920. The zero-order chi connectivity index (χ0) is 16.7. The maximum atomic E-state index is 13.6. The quantitative estimate of drug-likeness (QED) is 0.780. The van der Waals surface area contributed by atoms with Gasteiger partial charge in [-0.2, -0.15) is 5.10 Å². The molecule has 1 N–H and O–H groups in total. The molecule has 24 heavy (non-hydrogen) atoms. The molecule has 5 heteroatoms. The molecular weight excluding hydrogens is 305 g/mol. The Hall–Kier alpha value is -2.95. The summed E-state index contributed by atoms with van der Waals surface area (Å²) in [5.74, 6) is 0.0737. The van der Waals surface area contributed by atoms with Gasteiger partial charge >= 0.3 is 0 Å². The van der Waals surface area contributed by atoms with Gasteiger partial charge in [0.05, 0.1) is 11.9 Å².